The number of aliphatic imine (C=N–C) groups is 1. The third-order valence-electron chi connectivity index (χ3n) is 4.13. The van der Waals surface area contributed by atoms with Crippen molar-refractivity contribution in [3.8, 4) is 0 Å². The van der Waals surface area contributed by atoms with Crippen LogP contribution in [0.1, 0.15) is 47.0 Å². The molecule has 1 rings (SSSR count). The van der Waals surface area contributed by atoms with Crippen LogP contribution in [0.3, 0.4) is 0 Å². The number of ether oxygens (including phenoxy) is 1. The summed E-state index contributed by atoms with van der Waals surface area (Å²) in [4.78, 5) is 7.24. The second-order valence-electron chi connectivity index (χ2n) is 5.64. The highest BCUT2D eigenvalue weighted by atomic mass is 16.5. The summed E-state index contributed by atoms with van der Waals surface area (Å²) in [6.45, 7) is 14.5. The van der Waals surface area contributed by atoms with Gasteiger partial charge < -0.3 is 15.0 Å². The topological polar surface area (TPSA) is 36.9 Å². The van der Waals surface area contributed by atoms with Gasteiger partial charge in [-0.2, -0.15) is 0 Å². The van der Waals surface area contributed by atoms with Crippen LogP contribution in [0.4, 0.5) is 0 Å². The van der Waals surface area contributed by atoms with Crippen molar-refractivity contribution in [2.45, 2.75) is 47.0 Å². The fourth-order valence-electron chi connectivity index (χ4n) is 2.63. The highest BCUT2D eigenvalue weighted by molar-refractivity contribution is 5.80. The maximum atomic E-state index is 5.55. The first kappa shape index (κ1) is 17.3. The van der Waals surface area contributed by atoms with Gasteiger partial charge in [0.15, 0.2) is 5.96 Å². The molecule has 0 radical (unpaired) electrons. The van der Waals surface area contributed by atoms with E-state index in [0.717, 1.165) is 45.4 Å². The Morgan fingerprint density at radius 3 is 2.65 bits per heavy atom. The van der Waals surface area contributed by atoms with Gasteiger partial charge in [0.05, 0.1) is 6.61 Å². The monoisotopic (exact) mass is 283 g/mol. The third-order valence-corrected chi connectivity index (χ3v) is 4.13. The second kappa shape index (κ2) is 10.0. The van der Waals surface area contributed by atoms with Crippen LogP contribution in [0, 0.1) is 11.8 Å². The third kappa shape index (κ3) is 5.70. The molecular weight excluding hydrogens is 250 g/mol. The van der Waals surface area contributed by atoms with Crippen molar-refractivity contribution in [2.24, 2.45) is 16.8 Å². The standard InChI is InChI=1S/C16H33N3O/c1-5-14(6-2)11-18-16(17-7-3)19-10-9-15(12-19)13-20-8-4/h14-15H,5-13H2,1-4H3,(H,17,18). The molecule has 0 saturated carbocycles. The van der Waals surface area contributed by atoms with E-state index in [9.17, 15) is 0 Å². The van der Waals surface area contributed by atoms with Crippen molar-refractivity contribution in [1.82, 2.24) is 10.2 Å². The van der Waals surface area contributed by atoms with Gasteiger partial charge in [0.25, 0.3) is 0 Å². The first-order valence-corrected chi connectivity index (χ1v) is 8.35. The smallest absolute Gasteiger partial charge is 0.193 e. The van der Waals surface area contributed by atoms with E-state index in [1.807, 2.05) is 0 Å². The van der Waals surface area contributed by atoms with Crippen LogP contribution in [-0.2, 0) is 4.74 Å². The molecule has 1 unspecified atom stereocenters. The zero-order valence-electron chi connectivity index (χ0n) is 13.8. The van der Waals surface area contributed by atoms with Gasteiger partial charge in [-0.3, -0.25) is 4.99 Å². The molecule has 1 fully saturated rings. The van der Waals surface area contributed by atoms with Gasteiger partial charge >= 0.3 is 0 Å². The van der Waals surface area contributed by atoms with Crippen LogP contribution in [0.15, 0.2) is 4.99 Å². The number of rotatable bonds is 8. The van der Waals surface area contributed by atoms with Crippen LogP contribution in [0.2, 0.25) is 0 Å². The molecule has 1 heterocycles. The van der Waals surface area contributed by atoms with E-state index in [1.165, 1.54) is 19.3 Å². The van der Waals surface area contributed by atoms with Gasteiger partial charge in [-0.1, -0.05) is 26.7 Å². The van der Waals surface area contributed by atoms with Crippen LogP contribution in [0.5, 0.6) is 0 Å². The fraction of sp³-hybridized carbons (Fsp3) is 0.938. The molecule has 1 atom stereocenters. The summed E-state index contributed by atoms with van der Waals surface area (Å²) in [7, 11) is 0. The Morgan fingerprint density at radius 2 is 2.05 bits per heavy atom. The number of likely N-dealkylation sites (tertiary alicyclic amines) is 1. The zero-order chi connectivity index (χ0) is 14.8. The van der Waals surface area contributed by atoms with E-state index in [4.69, 9.17) is 9.73 Å². The van der Waals surface area contributed by atoms with Crippen LogP contribution in [0.25, 0.3) is 0 Å². The molecule has 0 bridgehead atoms. The van der Waals surface area contributed by atoms with Crippen molar-refractivity contribution in [3.63, 3.8) is 0 Å². The molecule has 1 aliphatic heterocycles. The van der Waals surface area contributed by atoms with E-state index in [0.29, 0.717) is 11.8 Å². The summed E-state index contributed by atoms with van der Waals surface area (Å²) in [6, 6.07) is 0. The quantitative estimate of drug-likeness (QED) is 0.550. The average molecular weight is 283 g/mol. The Morgan fingerprint density at radius 1 is 1.30 bits per heavy atom. The lowest BCUT2D eigenvalue weighted by Crippen LogP contribution is -2.40. The molecule has 118 valence electrons. The molecule has 20 heavy (non-hydrogen) atoms. The lowest BCUT2D eigenvalue weighted by molar-refractivity contribution is 0.114. The van der Waals surface area contributed by atoms with Crippen LogP contribution < -0.4 is 5.32 Å². The van der Waals surface area contributed by atoms with Gasteiger partial charge in [0, 0.05) is 38.7 Å². The Kier molecular flexibility index (Phi) is 8.67. The SMILES string of the molecule is CCNC(=NCC(CC)CC)N1CCC(COCC)C1. The van der Waals surface area contributed by atoms with Crippen LogP contribution in [-0.4, -0.2) is 50.3 Å². The molecule has 0 spiro atoms. The minimum absolute atomic E-state index is 0.659. The maximum Gasteiger partial charge on any atom is 0.193 e. The molecule has 0 amide bonds. The maximum absolute atomic E-state index is 5.55. The summed E-state index contributed by atoms with van der Waals surface area (Å²) in [5.74, 6) is 2.47. The number of hydrogen-bond acceptors (Lipinski definition) is 2. The molecule has 0 aromatic carbocycles. The highest BCUT2D eigenvalue weighted by Crippen LogP contribution is 2.17. The van der Waals surface area contributed by atoms with Gasteiger partial charge in [-0.05, 0) is 26.2 Å². The summed E-state index contributed by atoms with van der Waals surface area (Å²) in [6.07, 6.45) is 3.65. The predicted octanol–water partition coefficient (Wildman–Crippen LogP) is 2.75. The van der Waals surface area contributed by atoms with Gasteiger partial charge in [-0.25, -0.2) is 0 Å². The molecular formula is C16H33N3O. The molecule has 4 nitrogen and oxygen atoms in total. The zero-order valence-corrected chi connectivity index (χ0v) is 13.8. The molecule has 1 saturated heterocycles. The summed E-state index contributed by atoms with van der Waals surface area (Å²) >= 11 is 0. The Bertz CT molecular complexity index is 277. The number of nitrogens with zero attached hydrogens (tertiary/aromatic N) is 2. The molecule has 0 aromatic rings. The lowest BCUT2D eigenvalue weighted by atomic mass is 10.0. The van der Waals surface area contributed by atoms with Crippen LogP contribution >= 0.6 is 0 Å². The molecule has 0 aromatic heterocycles. The lowest BCUT2D eigenvalue weighted by Gasteiger charge is -2.22. The number of nitrogens with one attached hydrogen (secondary N) is 1. The minimum Gasteiger partial charge on any atom is -0.381 e. The number of guanidine groups is 1. The Hall–Kier alpha value is -0.770. The van der Waals surface area contributed by atoms with E-state index < -0.39 is 0 Å². The highest BCUT2D eigenvalue weighted by Gasteiger charge is 2.24. The van der Waals surface area contributed by atoms with Crippen molar-refractivity contribution in [1.29, 1.82) is 0 Å². The summed E-state index contributed by atoms with van der Waals surface area (Å²) in [5.41, 5.74) is 0. The first-order chi connectivity index (χ1) is 9.74. The van der Waals surface area contributed by atoms with Crippen molar-refractivity contribution >= 4 is 5.96 Å². The molecule has 1 aliphatic rings. The van der Waals surface area contributed by atoms with Crippen molar-refractivity contribution < 1.29 is 4.74 Å². The van der Waals surface area contributed by atoms with Gasteiger partial charge in [0.1, 0.15) is 0 Å². The van der Waals surface area contributed by atoms with Crippen molar-refractivity contribution in [3.05, 3.63) is 0 Å². The normalized spacial score (nSPS) is 19.9. The second-order valence-corrected chi connectivity index (χ2v) is 5.64. The van der Waals surface area contributed by atoms with E-state index in [2.05, 4.69) is 37.9 Å². The fourth-order valence-corrected chi connectivity index (χ4v) is 2.63. The molecule has 0 aliphatic carbocycles. The Labute approximate surface area is 125 Å². The summed E-state index contributed by atoms with van der Waals surface area (Å²) < 4.78 is 5.55. The molecule has 1 N–H and O–H groups in total. The van der Waals surface area contributed by atoms with Gasteiger partial charge in [0.2, 0.25) is 0 Å². The average Bonchev–Trinajstić information content (AvgIpc) is 2.93. The minimum atomic E-state index is 0.659. The number of hydrogen-bond donors (Lipinski definition) is 1. The van der Waals surface area contributed by atoms with E-state index >= 15 is 0 Å². The molecule has 4 heteroatoms. The first-order valence-electron chi connectivity index (χ1n) is 8.35. The largest absolute Gasteiger partial charge is 0.381 e. The van der Waals surface area contributed by atoms with E-state index in [-0.39, 0.29) is 0 Å². The van der Waals surface area contributed by atoms with Crippen molar-refractivity contribution in [2.75, 3.05) is 39.4 Å². The van der Waals surface area contributed by atoms with E-state index in [1.54, 1.807) is 0 Å². The predicted molar refractivity (Wildman–Crippen MR) is 86.2 cm³/mol. The summed E-state index contributed by atoms with van der Waals surface area (Å²) in [5, 5.41) is 3.44. The Balaban J connectivity index is 2.51. The van der Waals surface area contributed by atoms with Gasteiger partial charge in [-0.15, -0.1) is 0 Å².